The lowest BCUT2D eigenvalue weighted by molar-refractivity contribution is 0.424. The Hall–Kier alpha value is -1.48. The zero-order valence-electron chi connectivity index (χ0n) is 10.9. The van der Waals surface area contributed by atoms with Crippen molar-refractivity contribution >= 4 is 0 Å². The topological polar surface area (TPSA) is 38.3 Å². The first-order chi connectivity index (χ1) is 8.72. The van der Waals surface area contributed by atoms with E-state index in [0.717, 1.165) is 42.0 Å². The van der Waals surface area contributed by atoms with Crippen molar-refractivity contribution in [1.82, 2.24) is 5.32 Å². The summed E-state index contributed by atoms with van der Waals surface area (Å²) < 4.78 is 11.3. The van der Waals surface area contributed by atoms with Gasteiger partial charge < -0.3 is 14.2 Å². The largest absolute Gasteiger partial charge is 0.465 e. The Bertz CT molecular complexity index is 526. The average Bonchev–Trinajstić information content (AvgIpc) is 2.79. The zero-order chi connectivity index (χ0) is 12.5. The molecule has 1 N–H and O–H groups in total. The molecular formula is C15H19NO2. The Labute approximate surface area is 107 Å². The van der Waals surface area contributed by atoms with E-state index in [9.17, 15) is 0 Å². The molecule has 2 aromatic heterocycles. The maximum Gasteiger partial charge on any atom is 0.117 e. The van der Waals surface area contributed by atoms with Gasteiger partial charge in [-0.05, 0) is 43.5 Å². The summed E-state index contributed by atoms with van der Waals surface area (Å²) in [5.74, 6) is 5.53. The van der Waals surface area contributed by atoms with E-state index in [4.69, 9.17) is 8.83 Å². The zero-order valence-corrected chi connectivity index (χ0v) is 10.9. The molecule has 0 aliphatic heterocycles. The molecule has 18 heavy (non-hydrogen) atoms. The van der Waals surface area contributed by atoms with E-state index in [1.165, 1.54) is 6.42 Å². The Morgan fingerprint density at radius 3 is 2.39 bits per heavy atom. The number of hydrogen-bond donors (Lipinski definition) is 1. The first-order valence-corrected chi connectivity index (χ1v) is 6.57. The van der Waals surface area contributed by atoms with Crippen molar-refractivity contribution in [3.05, 3.63) is 47.3 Å². The van der Waals surface area contributed by atoms with E-state index in [0.29, 0.717) is 5.92 Å². The third-order valence-electron chi connectivity index (χ3n) is 3.55. The van der Waals surface area contributed by atoms with Gasteiger partial charge in [0.05, 0.1) is 13.1 Å². The minimum absolute atomic E-state index is 0.659. The van der Waals surface area contributed by atoms with E-state index in [1.807, 2.05) is 19.1 Å². The van der Waals surface area contributed by atoms with Crippen LogP contribution in [0.3, 0.4) is 0 Å². The fourth-order valence-electron chi connectivity index (χ4n) is 2.30. The highest BCUT2D eigenvalue weighted by atomic mass is 16.3. The van der Waals surface area contributed by atoms with Crippen molar-refractivity contribution < 1.29 is 8.83 Å². The van der Waals surface area contributed by atoms with Crippen molar-refractivity contribution in [1.29, 1.82) is 0 Å². The number of nitrogens with one attached hydrogen (secondary N) is 1. The van der Waals surface area contributed by atoms with Crippen LogP contribution in [0.5, 0.6) is 0 Å². The molecule has 2 heterocycles. The highest BCUT2D eigenvalue weighted by molar-refractivity contribution is 5.17. The van der Waals surface area contributed by atoms with E-state index in [1.54, 1.807) is 0 Å². The fourth-order valence-corrected chi connectivity index (χ4v) is 2.30. The van der Waals surface area contributed by atoms with Gasteiger partial charge in [-0.3, -0.25) is 0 Å². The summed E-state index contributed by atoms with van der Waals surface area (Å²) >= 11 is 0. The van der Waals surface area contributed by atoms with Crippen LogP contribution in [-0.2, 0) is 13.1 Å². The molecule has 96 valence electrons. The van der Waals surface area contributed by atoms with Crippen LogP contribution in [0.1, 0.15) is 42.3 Å². The molecular weight excluding hydrogens is 226 g/mol. The number of hydrogen-bond acceptors (Lipinski definition) is 3. The average molecular weight is 245 g/mol. The van der Waals surface area contributed by atoms with Gasteiger partial charge in [0.15, 0.2) is 0 Å². The maximum absolute atomic E-state index is 5.83. The van der Waals surface area contributed by atoms with Crippen LogP contribution in [-0.4, -0.2) is 0 Å². The van der Waals surface area contributed by atoms with Crippen molar-refractivity contribution in [2.75, 3.05) is 0 Å². The molecule has 1 fully saturated rings. The van der Waals surface area contributed by atoms with Crippen LogP contribution in [0, 0.1) is 12.8 Å². The molecule has 1 aliphatic rings. The first-order valence-electron chi connectivity index (χ1n) is 6.57. The van der Waals surface area contributed by atoms with Gasteiger partial charge in [-0.1, -0.05) is 6.92 Å². The van der Waals surface area contributed by atoms with Gasteiger partial charge in [-0.15, -0.1) is 0 Å². The van der Waals surface area contributed by atoms with E-state index >= 15 is 0 Å². The lowest BCUT2D eigenvalue weighted by atomic mass is 10.3. The third-order valence-corrected chi connectivity index (χ3v) is 3.55. The van der Waals surface area contributed by atoms with Gasteiger partial charge in [0, 0.05) is 5.92 Å². The summed E-state index contributed by atoms with van der Waals surface area (Å²) in [6.45, 7) is 5.72. The highest BCUT2D eigenvalue weighted by Gasteiger charge is 2.36. The van der Waals surface area contributed by atoms with Crippen molar-refractivity contribution in [2.24, 2.45) is 5.92 Å². The molecule has 1 aliphatic carbocycles. The van der Waals surface area contributed by atoms with Crippen LogP contribution in [0.4, 0.5) is 0 Å². The lowest BCUT2D eigenvalue weighted by Crippen LogP contribution is -2.11. The van der Waals surface area contributed by atoms with Crippen LogP contribution < -0.4 is 5.32 Å². The van der Waals surface area contributed by atoms with Gasteiger partial charge in [-0.25, -0.2) is 0 Å². The van der Waals surface area contributed by atoms with Gasteiger partial charge >= 0.3 is 0 Å². The quantitative estimate of drug-likeness (QED) is 0.874. The summed E-state index contributed by atoms with van der Waals surface area (Å²) in [4.78, 5) is 0. The second-order valence-corrected chi connectivity index (χ2v) is 5.24. The van der Waals surface area contributed by atoms with Crippen LogP contribution in [0.25, 0.3) is 0 Å². The summed E-state index contributed by atoms with van der Waals surface area (Å²) in [5.41, 5.74) is 0. The third kappa shape index (κ3) is 2.51. The second-order valence-electron chi connectivity index (χ2n) is 5.24. The Kier molecular flexibility index (Phi) is 3.00. The smallest absolute Gasteiger partial charge is 0.117 e. The first kappa shape index (κ1) is 11.6. The summed E-state index contributed by atoms with van der Waals surface area (Å²) in [6, 6.07) is 8.17. The molecule has 3 heteroatoms. The normalized spacial score (nSPS) is 22.3. The molecule has 1 saturated carbocycles. The van der Waals surface area contributed by atoms with E-state index < -0.39 is 0 Å². The molecule has 0 unspecified atom stereocenters. The minimum Gasteiger partial charge on any atom is -0.465 e. The van der Waals surface area contributed by atoms with Crippen molar-refractivity contribution in [2.45, 2.75) is 39.3 Å². The molecule has 0 bridgehead atoms. The molecule has 0 amide bonds. The second kappa shape index (κ2) is 4.65. The number of aryl methyl sites for hydroxylation is 1. The molecule has 3 nitrogen and oxygen atoms in total. The Morgan fingerprint density at radius 2 is 1.78 bits per heavy atom. The van der Waals surface area contributed by atoms with Gasteiger partial charge in [0.25, 0.3) is 0 Å². The van der Waals surface area contributed by atoms with E-state index in [-0.39, 0.29) is 0 Å². The molecule has 0 aromatic carbocycles. The molecule has 2 aromatic rings. The maximum atomic E-state index is 5.83. The predicted molar refractivity (Wildman–Crippen MR) is 69.2 cm³/mol. The van der Waals surface area contributed by atoms with Gasteiger partial charge in [0.1, 0.15) is 23.0 Å². The lowest BCUT2D eigenvalue weighted by Gasteiger charge is -2.00. The van der Waals surface area contributed by atoms with Gasteiger partial charge in [0.2, 0.25) is 0 Å². The number of rotatable bonds is 5. The van der Waals surface area contributed by atoms with Crippen LogP contribution >= 0.6 is 0 Å². The summed E-state index contributed by atoms with van der Waals surface area (Å²) in [7, 11) is 0. The predicted octanol–water partition coefficient (Wildman–Crippen LogP) is 3.59. The fraction of sp³-hybridized carbons (Fsp3) is 0.467. The summed E-state index contributed by atoms with van der Waals surface area (Å²) in [5, 5.41) is 3.33. The standard InChI is InChI=1S/C15H19NO2/c1-10-7-14(10)15-6-5-13(18-15)9-16-8-12-4-3-11(2)17-12/h3-6,10,14,16H,7-9H2,1-2H3/t10-,14-/m1/s1. The highest BCUT2D eigenvalue weighted by Crippen LogP contribution is 2.47. The molecule has 0 radical (unpaired) electrons. The van der Waals surface area contributed by atoms with Crippen LogP contribution in [0.2, 0.25) is 0 Å². The Morgan fingerprint density at radius 1 is 1.11 bits per heavy atom. The summed E-state index contributed by atoms with van der Waals surface area (Å²) in [6.07, 6.45) is 1.27. The molecule has 2 atom stereocenters. The molecule has 0 spiro atoms. The van der Waals surface area contributed by atoms with Crippen LogP contribution in [0.15, 0.2) is 33.1 Å². The Balaban J connectivity index is 1.49. The molecule has 0 saturated heterocycles. The number of furan rings is 2. The minimum atomic E-state index is 0.659. The van der Waals surface area contributed by atoms with E-state index in [2.05, 4.69) is 24.4 Å². The van der Waals surface area contributed by atoms with Crippen molar-refractivity contribution in [3.63, 3.8) is 0 Å². The van der Waals surface area contributed by atoms with Crippen molar-refractivity contribution in [3.8, 4) is 0 Å². The SMILES string of the molecule is Cc1ccc(CNCc2ccc([C@@H]3C[C@H]3C)o2)o1. The molecule has 3 rings (SSSR count). The van der Waals surface area contributed by atoms with Gasteiger partial charge in [-0.2, -0.15) is 0 Å². The monoisotopic (exact) mass is 245 g/mol.